The van der Waals surface area contributed by atoms with Crippen LogP contribution in [0.25, 0.3) is 5.69 Å². The van der Waals surface area contributed by atoms with E-state index in [-0.39, 0.29) is 5.56 Å². The summed E-state index contributed by atoms with van der Waals surface area (Å²) in [5.41, 5.74) is 2.03. The summed E-state index contributed by atoms with van der Waals surface area (Å²) >= 11 is 6.09. The molecule has 2 aromatic carbocycles. The Labute approximate surface area is 168 Å². The highest BCUT2D eigenvalue weighted by Crippen LogP contribution is 2.25. The van der Waals surface area contributed by atoms with E-state index >= 15 is 0 Å². The van der Waals surface area contributed by atoms with E-state index in [4.69, 9.17) is 16.3 Å². The van der Waals surface area contributed by atoms with Crippen LogP contribution in [0.1, 0.15) is 5.56 Å². The van der Waals surface area contributed by atoms with Crippen molar-refractivity contribution in [3.63, 3.8) is 0 Å². The van der Waals surface area contributed by atoms with Gasteiger partial charge in [0.15, 0.2) is 0 Å². The molecule has 3 aromatic rings. The highest BCUT2D eigenvalue weighted by atomic mass is 35.5. The van der Waals surface area contributed by atoms with Crippen molar-refractivity contribution in [3.05, 3.63) is 81.7 Å². The molecule has 0 bridgehead atoms. The maximum atomic E-state index is 13.3. The molecule has 6 nitrogen and oxygen atoms in total. The van der Waals surface area contributed by atoms with Crippen molar-refractivity contribution in [1.82, 2.24) is 15.1 Å². The average Bonchev–Trinajstić information content (AvgIpc) is 2.74. The number of aromatic nitrogens is 2. The number of rotatable bonds is 5. The zero-order valence-corrected chi connectivity index (χ0v) is 16.1. The Bertz CT molecular complexity index is 1000. The monoisotopic (exact) mass is 396 g/mol. The highest BCUT2D eigenvalue weighted by Gasteiger charge is 2.21. The summed E-state index contributed by atoms with van der Waals surface area (Å²) in [4.78, 5) is 15.4. The quantitative estimate of drug-likeness (QED) is 0.718. The van der Waals surface area contributed by atoms with Gasteiger partial charge >= 0.3 is 5.56 Å². The minimum atomic E-state index is -0.297. The molecule has 0 spiro atoms. The molecule has 1 aromatic heterocycles. The Morgan fingerprint density at radius 1 is 1.07 bits per heavy atom. The van der Waals surface area contributed by atoms with E-state index in [1.54, 1.807) is 30.5 Å². The molecule has 1 N–H and O–H groups in total. The van der Waals surface area contributed by atoms with Gasteiger partial charge in [0.25, 0.3) is 0 Å². The maximum Gasteiger partial charge on any atom is 0.316 e. The second kappa shape index (κ2) is 8.46. The molecule has 4 rings (SSSR count). The Kier molecular flexibility index (Phi) is 5.60. The first-order valence-corrected chi connectivity index (χ1v) is 9.61. The molecular formula is C21H21ClN4O2. The van der Waals surface area contributed by atoms with Crippen molar-refractivity contribution >= 4 is 17.3 Å². The molecule has 28 heavy (non-hydrogen) atoms. The van der Waals surface area contributed by atoms with E-state index in [0.717, 1.165) is 37.4 Å². The van der Waals surface area contributed by atoms with Gasteiger partial charge in [0.05, 0.1) is 11.9 Å². The second-order valence-electron chi connectivity index (χ2n) is 6.57. The third kappa shape index (κ3) is 4.03. The fourth-order valence-corrected chi connectivity index (χ4v) is 3.40. The Morgan fingerprint density at radius 3 is 2.61 bits per heavy atom. The van der Waals surface area contributed by atoms with E-state index in [9.17, 15) is 4.79 Å². The van der Waals surface area contributed by atoms with E-state index in [0.29, 0.717) is 23.1 Å². The van der Waals surface area contributed by atoms with Crippen LogP contribution in [0.3, 0.4) is 0 Å². The smallest absolute Gasteiger partial charge is 0.316 e. The maximum absolute atomic E-state index is 13.3. The summed E-state index contributed by atoms with van der Waals surface area (Å²) in [6.45, 7) is 3.62. The van der Waals surface area contributed by atoms with E-state index in [1.807, 2.05) is 30.3 Å². The topological polar surface area (TPSA) is 59.4 Å². The molecule has 1 aliphatic rings. The molecule has 1 fully saturated rings. The van der Waals surface area contributed by atoms with Crippen LogP contribution < -0.4 is 20.5 Å². The molecule has 1 aliphatic heterocycles. The lowest BCUT2D eigenvalue weighted by molar-refractivity contribution is 0.299. The average molecular weight is 397 g/mol. The van der Waals surface area contributed by atoms with Crippen LogP contribution in [0.5, 0.6) is 5.75 Å². The lowest BCUT2D eigenvalue weighted by Crippen LogP contribution is -2.44. The second-order valence-corrected chi connectivity index (χ2v) is 7.00. The first kappa shape index (κ1) is 18.5. The van der Waals surface area contributed by atoms with Crippen LogP contribution in [-0.4, -0.2) is 36.0 Å². The van der Waals surface area contributed by atoms with Crippen molar-refractivity contribution in [2.75, 3.05) is 31.1 Å². The van der Waals surface area contributed by atoms with Crippen molar-refractivity contribution < 1.29 is 4.74 Å². The van der Waals surface area contributed by atoms with Gasteiger partial charge in [-0.25, -0.2) is 0 Å². The summed E-state index contributed by atoms with van der Waals surface area (Å²) in [6.07, 6.45) is 1.70. The van der Waals surface area contributed by atoms with Gasteiger partial charge in [0, 0.05) is 31.2 Å². The fourth-order valence-electron chi connectivity index (χ4n) is 3.22. The summed E-state index contributed by atoms with van der Waals surface area (Å²) in [6, 6.07) is 16.9. The van der Waals surface area contributed by atoms with Gasteiger partial charge < -0.3 is 15.0 Å². The molecule has 0 unspecified atom stereocenters. The number of ether oxygens (including phenoxy) is 1. The van der Waals surface area contributed by atoms with Crippen LogP contribution in [0.2, 0.25) is 5.02 Å². The van der Waals surface area contributed by atoms with E-state index in [1.165, 1.54) is 4.68 Å². The minimum absolute atomic E-state index is 0.297. The number of hydrogen-bond donors (Lipinski definition) is 1. The summed E-state index contributed by atoms with van der Waals surface area (Å²) < 4.78 is 7.36. The molecular weight excluding hydrogens is 376 g/mol. The molecule has 0 atom stereocenters. The van der Waals surface area contributed by atoms with Crippen LogP contribution in [-0.2, 0) is 6.61 Å². The number of hydrogen-bond acceptors (Lipinski definition) is 5. The van der Waals surface area contributed by atoms with Gasteiger partial charge in [-0.3, -0.25) is 4.79 Å². The lowest BCUT2D eigenvalue weighted by Gasteiger charge is -2.30. The molecule has 2 heterocycles. The number of anilines is 1. The van der Waals surface area contributed by atoms with Crippen molar-refractivity contribution in [2.24, 2.45) is 0 Å². The van der Waals surface area contributed by atoms with Crippen LogP contribution >= 0.6 is 11.6 Å². The first-order chi connectivity index (χ1) is 13.7. The molecule has 1 saturated heterocycles. The molecule has 0 radical (unpaired) electrons. The number of nitrogens with one attached hydrogen (secondary N) is 1. The summed E-state index contributed by atoms with van der Waals surface area (Å²) in [5, 5.41) is 8.25. The van der Waals surface area contributed by atoms with Gasteiger partial charge in [-0.05, 0) is 23.8 Å². The Balaban J connectivity index is 1.73. The van der Waals surface area contributed by atoms with Crippen LogP contribution in [0, 0.1) is 0 Å². The molecule has 144 valence electrons. The predicted molar refractivity (Wildman–Crippen MR) is 111 cm³/mol. The highest BCUT2D eigenvalue weighted by molar-refractivity contribution is 6.30. The summed E-state index contributed by atoms with van der Waals surface area (Å²) in [7, 11) is 0. The SMILES string of the molecule is O=c1c(OCc2ccccc2)c(N2CCNCC2)cnn1-c1cccc(Cl)c1. The number of piperazine rings is 1. The Morgan fingerprint density at radius 2 is 1.86 bits per heavy atom. The lowest BCUT2D eigenvalue weighted by atomic mass is 10.2. The number of nitrogens with zero attached hydrogens (tertiary/aromatic N) is 3. The third-order valence-corrected chi connectivity index (χ3v) is 4.89. The van der Waals surface area contributed by atoms with Crippen LogP contribution in [0.4, 0.5) is 5.69 Å². The van der Waals surface area contributed by atoms with Crippen LogP contribution in [0.15, 0.2) is 65.6 Å². The number of halogens is 1. The zero-order valence-electron chi connectivity index (χ0n) is 15.3. The largest absolute Gasteiger partial charge is 0.481 e. The normalized spacial score (nSPS) is 14.1. The van der Waals surface area contributed by atoms with E-state index in [2.05, 4.69) is 15.3 Å². The standard InChI is InChI=1S/C21H21ClN4O2/c22-17-7-4-8-18(13-17)26-21(27)20(28-15-16-5-2-1-3-6-16)19(14-24-26)25-11-9-23-10-12-25/h1-8,13-14,23H,9-12,15H2. The van der Waals surface area contributed by atoms with Gasteiger partial charge in [0.1, 0.15) is 12.3 Å². The Hall–Kier alpha value is -2.83. The van der Waals surface area contributed by atoms with Gasteiger partial charge in [-0.1, -0.05) is 48.0 Å². The molecule has 0 saturated carbocycles. The minimum Gasteiger partial charge on any atom is -0.481 e. The molecule has 7 heteroatoms. The zero-order chi connectivity index (χ0) is 19.3. The molecule has 0 amide bonds. The van der Waals surface area contributed by atoms with Crippen molar-refractivity contribution in [1.29, 1.82) is 0 Å². The van der Waals surface area contributed by atoms with Crippen molar-refractivity contribution in [2.45, 2.75) is 6.61 Å². The van der Waals surface area contributed by atoms with Gasteiger partial charge in [0.2, 0.25) is 5.75 Å². The molecule has 0 aliphatic carbocycles. The number of benzene rings is 2. The van der Waals surface area contributed by atoms with Gasteiger partial charge in [-0.2, -0.15) is 9.78 Å². The van der Waals surface area contributed by atoms with Gasteiger partial charge in [-0.15, -0.1) is 0 Å². The van der Waals surface area contributed by atoms with Crippen molar-refractivity contribution in [3.8, 4) is 11.4 Å². The third-order valence-electron chi connectivity index (χ3n) is 4.65. The summed E-state index contributed by atoms with van der Waals surface area (Å²) in [5.74, 6) is 0.306. The van der Waals surface area contributed by atoms with E-state index < -0.39 is 0 Å². The predicted octanol–water partition coefficient (Wildman–Crippen LogP) is 2.87. The fraction of sp³-hybridized carbons (Fsp3) is 0.238. The first-order valence-electron chi connectivity index (χ1n) is 9.23.